The van der Waals surface area contributed by atoms with Crippen LogP contribution in [0.5, 0.6) is 0 Å². The molecule has 0 N–H and O–H groups in total. The van der Waals surface area contributed by atoms with Gasteiger partial charge in [-0.15, -0.1) is 0 Å². The largest absolute Gasteiger partial charge is 0.0757 e. The predicted octanol–water partition coefficient (Wildman–Crippen LogP) is 26.2. The lowest BCUT2D eigenvalue weighted by atomic mass is 9.83. The Kier molecular flexibility index (Phi) is 14.3. The van der Waals surface area contributed by atoms with E-state index >= 15 is 0 Å². The first-order valence-electron chi connectivity index (χ1n) is 33.9. The zero-order chi connectivity index (χ0) is 63.5. The van der Waals surface area contributed by atoms with Crippen molar-refractivity contribution in [2.24, 2.45) is 0 Å². The number of benzene rings is 17. The average molecular weight is 1220 g/mol. The summed E-state index contributed by atoms with van der Waals surface area (Å²) < 4.78 is 0. The molecule has 17 aromatic rings. The Morgan fingerprint density at radius 1 is 0.167 bits per heavy atom. The topological polar surface area (TPSA) is 0 Å². The van der Waals surface area contributed by atoms with Gasteiger partial charge in [0.15, 0.2) is 0 Å². The van der Waals surface area contributed by atoms with Crippen LogP contribution in [0, 0.1) is 0 Å². The molecule has 19 rings (SSSR count). The summed E-state index contributed by atoms with van der Waals surface area (Å²) in [6.07, 6.45) is 9.23. The number of hydrogen-bond donors (Lipinski definition) is 0. The first-order valence-corrected chi connectivity index (χ1v) is 33.9. The van der Waals surface area contributed by atoms with Crippen molar-refractivity contribution in [1.29, 1.82) is 0 Å². The zero-order valence-electron chi connectivity index (χ0n) is 53.3. The van der Waals surface area contributed by atoms with Crippen molar-refractivity contribution < 1.29 is 0 Å². The third-order valence-electron chi connectivity index (χ3n) is 20.5. The van der Waals surface area contributed by atoms with Gasteiger partial charge in [-0.25, -0.2) is 0 Å². The second-order valence-electron chi connectivity index (χ2n) is 25.9. The van der Waals surface area contributed by atoms with Gasteiger partial charge in [-0.3, -0.25) is 0 Å². The lowest BCUT2D eigenvalue weighted by Gasteiger charge is -2.20. The van der Waals surface area contributed by atoms with Gasteiger partial charge in [-0.2, -0.15) is 0 Å². The Balaban J connectivity index is 0.000000141. The molecule has 0 bridgehead atoms. The highest BCUT2D eigenvalue weighted by Crippen LogP contribution is 2.49. The van der Waals surface area contributed by atoms with Crippen molar-refractivity contribution in [3.63, 3.8) is 0 Å². The molecule has 450 valence electrons. The molecule has 17 aromatic carbocycles. The van der Waals surface area contributed by atoms with E-state index in [2.05, 4.69) is 352 Å². The molecule has 0 radical (unpaired) electrons. The predicted molar refractivity (Wildman–Crippen MR) is 412 cm³/mol. The molecule has 0 amide bonds. The molecule has 2 aliphatic carbocycles. The minimum Gasteiger partial charge on any atom is -0.0757 e. The summed E-state index contributed by atoms with van der Waals surface area (Å²) in [6, 6.07) is 126. The summed E-state index contributed by atoms with van der Waals surface area (Å²) in [7, 11) is 0. The first-order chi connectivity index (χ1) is 47.6. The molecule has 0 heterocycles. The molecule has 0 fully saturated rings. The van der Waals surface area contributed by atoms with Crippen LogP contribution < -0.4 is 0 Å². The smallest absolute Gasteiger partial charge is 0.00201 e. The molecular weight excluding hydrogens is 1150 g/mol. The Hall–Kier alpha value is -12.0. The molecule has 2 aliphatic rings. The summed E-state index contributed by atoms with van der Waals surface area (Å²) in [6.45, 7) is 0. The fourth-order valence-corrected chi connectivity index (χ4v) is 16.0. The molecule has 0 atom stereocenters. The van der Waals surface area contributed by atoms with Gasteiger partial charge in [0.05, 0.1) is 0 Å². The van der Waals surface area contributed by atoms with Crippen molar-refractivity contribution in [2.45, 2.75) is 25.7 Å². The monoisotopic (exact) mass is 1220 g/mol. The van der Waals surface area contributed by atoms with Gasteiger partial charge in [0, 0.05) is 0 Å². The molecular formula is C96H66. The summed E-state index contributed by atoms with van der Waals surface area (Å²) >= 11 is 0. The molecule has 0 aliphatic heterocycles. The van der Waals surface area contributed by atoms with Crippen molar-refractivity contribution >= 4 is 86.6 Å². The van der Waals surface area contributed by atoms with Gasteiger partial charge in [0.2, 0.25) is 0 Å². The van der Waals surface area contributed by atoms with Crippen molar-refractivity contribution in [1.82, 2.24) is 0 Å². The summed E-state index contributed by atoms with van der Waals surface area (Å²) in [4.78, 5) is 0. The van der Waals surface area contributed by atoms with Gasteiger partial charge >= 0.3 is 0 Å². The maximum atomic E-state index is 2.40. The van der Waals surface area contributed by atoms with E-state index < -0.39 is 0 Å². The van der Waals surface area contributed by atoms with Gasteiger partial charge in [-0.05, 0) is 225 Å². The van der Waals surface area contributed by atoms with Crippen molar-refractivity contribution in [3.8, 4) is 66.8 Å². The normalized spacial score (nSPS) is 12.8. The van der Waals surface area contributed by atoms with E-state index in [0.717, 1.165) is 25.7 Å². The first kappa shape index (κ1) is 56.8. The van der Waals surface area contributed by atoms with Crippen LogP contribution >= 0.6 is 0 Å². The van der Waals surface area contributed by atoms with Crippen LogP contribution in [0.1, 0.15) is 46.2 Å². The molecule has 0 aromatic heterocycles. The van der Waals surface area contributed by atoms with Crippen LogP contribution in [-0.4, -0.2) is 0 Å². The number of aryl methyl sites for hydroxylation is 2. The van der Waals surface area contributed by atoms with Crippen molar-refractivity contribution in [3.05, 3.63) is 385 Å². The summed E-state index contributed by atoms with van der Waals surface area (Å²) in [5.41, 5.74) is 26.1. The highest BCUT2D eigenvalue weighted by Gasteiger charge is 2.22. The Bertz CT molecular complexity index is 5860. The van der Waals surface area contributed by atoms with E-state index in [1.807, 2.05) is 0 Å². The zero-order valence-corrected chi connectivity index (χ0v) is 53.3. The van der Waals surface area contributed by atoms with E-state index in [1.165, 1.54) is 187 Å². The third-order valence-corrected chi connectivity index (χ3v) is 20.5. The summed E-state index contributed by atoms with van der Waals surface area (Å²) in [5, 5.41) is 17.8. The number of allylic oxidation sites excluding steroid dienone is 2. The molecule has 0 heteroatoms. The lowest BCUT2D eigenvalue weighted by Crippen LogP contribution is -2.00. The van der Waals surface area contributed by atoms with Gasteiger partial charge in [0.1, 0.15) is 0 Å². The highest BCUT2D eigenvalue weighted by molar-refractivity contribution is 6.25. The molecule has 0 nitrogen and oxygen atoms in total. The van der Waals surface area contributed by atoms with E-state index in [4.69, 9.17) is 0 Å². The third kappa shape index (κ3) is 10.0. The second kappa shape index (κ2) is 24.2. The minimum absolute atomic E-state index is 1.09. The highest BCUT2D eigenvalue weighted by atomic mass is 14.3. The molecule has 0 saturated carbocycles. The maximum absolute atomic E-state index is 2.40. The van der Waals surface area contributed by atoms with Gasteiger partial charge in [0.25, 0.3) is 0 Å². The van der Waals surface area contributed by atoms with E-state index in [-0.39, 0.29) is 0 Å². The van der Waals surface area contributed by atoms with E-state index in [9.17, 15) is 0 Å². The molecule has 96 heavy (non-hydrogen) atoms. The second-order valence-corrected chi connectivity index (χ2v) is 25.9. The molecule has 0 spiro atoms. The molecule has 0 saturated heterocycles. The Labute approximate surface area is 560 Å². The van der Waals surface area contributed by atoms with Crippen LogP contribution in [0.3, 0.4) is 0 Å². The van der Waals surface area contributed by atoms with Crippen LogP contribution in [-0.2, 0) is 12.8 Å². The number of rotatable bonds is 8. The maximum Gasteiger partial charge on any atom is -0.00201 e. The lowest BCUT2D eigenvalue weighted by molar-refractivity contribution is 0.978. The van der Waals surface area contributed by atoms with Gasteiger partial charge in [-0.1, -0.05) is 340 Å². The molecule has 0 unspecified atom stereocenters. The van der Waals surface area contributed by atoms with Crippen LogP contribution in [0.2, 0.25) is 0 Å². The van der Waals surface area contributed by atoms with Crippen LogP contribution in [0.4, 0.5) is 0 Å². The fourth-order valence-electron chi connectivity index (χ4n) is 16.0. The Morgan fingerprint density at radius 3 is 0.885 bits per heavy atom. The number of hydrogen-bond acceptors (Lipinski definition) is 0. The minimum atomic E-state index is 1.09. The van der Waals surface area contributed by atoms with Gasteiger partial charge < -0.3 is 0 Å². The number of fused-ring (bicyclic) bond motifs is 9. The standard InChI is InChI=1S/C50H34.C46H32/c1-2-14-37-32-38(29-24-33(37)12-1)49-44-19-7-9-21-46(44)50(47-22-10-8-20-45(47)49)48-31-30-41(42-17-5-6-18-43(42)48)36-27-25-35(26-28-36)40-23-11-15-34-13-3-4-16-39(34)40;1-2-12-37-30-38(29-24-31(37)10-1)46-43-17-7-5-15-41(43)45(42-16-6-8-18-44(42)46)36-27-22-33(23-28-36)32-20-25-35(26-21-32)40-19-9-13-34-11-3-4-14-39(34)40/h1-10,12-14,16-32H,11,15H2;1-8,10-12,14-30H,9,13H2. The van der Waals surface area contributed by atoms with Crippen LogP contribution in [0.25, 0.3) is 153 Å². The summed E-state index contributed by atoms with van der Waals surface area (Å²) in [5.74, 6) is 0. The van der Waals surface area contributed by atoms with E-state index in [0.29, 0.717) is 0 Å². The fraction of sp³-hybridized carbons (Fsp3) is 0.0417. The van der Waals surface area contributed by atoms with Crippen LogP contribution in [0.15, 0.2) is 352 Å². The van der Waals surface area contributed by atoms with E-state index in [1.54, 1.807) is 0 Å². The Morgan fingerprint density at radius 2 is 0.458 bits per heavy atom. The van der Waals surface area contributed by atoms with Crippen molar-refractivity contribution in [2.75, 3.05) is 0 Å². The quantitative estimate of drug-likeness (QED) is 0.133. The average Bonchev–Trinajstić information content (AvgIpc) is 0.735. The SMILES string of the molecule is C1=C(c2ccc(-c3ccc(-c4c5ccccc5c(-c5ccc6ccccc6c5)c5ccccc45)c4ccccc34)cc2)c2ccccc2CC1.C1=C(c2ccc(-c3ccc(-c4c5ccccc5c(-c5ccc6ccccc6c5)c5ccccc45)cc3)cc2)c2ccccc2CC1.